The van der Waals surface area contributed by atoms with Gasteiger partial charge in [-0.15, -0.1) is 11.8 Å². The summed E-state index contributed by atoms with van der Waals surface area (Å²) >= 11 is 1.49. The first-order valence-corrected chi connectivity index (χ1v) is 5.70. The second-order valence-electron chi connectivity index (χ2n) is 2.78. The summed E-state index contributed by atoms with van der Waals surface area (Å²) in [6, 6.07) is 7.03. The summed E-state index contributed by atoms with van der Waals surface area (Å²) in [5.74, 6) is -0.384. The van der Waals surface area contributed by atoms with E-state index in [1.54, 1.807) is 19.1 Å². The molecule has 78 valence electrons. The van der Waals surface area contributed by atoms with Crippen LogP contribution in [0.1, 0.15) is 22.8 Å². The molecule has 0 bridgehead atoms. The first-order valence-electron chi connectivity index (χ1n) is 4.47. The van der Waals surface area contributed by atoms with Crippen LogP contribution in [0.3, 0.4) is 0 Å². The third kappa shape index (κ3) is 3.00. The van der Waals surface area contributed by atoms with Crippen molar-refractivity contribution in [3.05, 3.63) is 29.3 Å². The molecule has 0 heterocycles. The smallest absolute Gasteiger partial charge is 0.338 e. The van der Waals surface area contributed by atoms with Crippen LogP contribution >= 0.6 is 11.8 Å². The molecule has 1 aromatic carbocycles. The maximum Gasteiger partial charge on any atom is 0.338 e. The SMILES string of the molecule is CCOC(=O)c1cc(C#N)cc(SC)c1. The zero-order chi connectivity index (χ0) is 11.3. The molecule has 0 aliphatic rings. The number of ether oxygens (including phenoxy) is 1. The van der Waals surface area contributed by atoms with E-state index in [1.165, 1.54) is 17.8 Å². The summed E-state index contributed by atoms with van der Waals surface area (Å²) < 4.78 is 4.87. The average molecular weight is 221 g/mol. The van der Waals surface area contributed by atoms with Crippen LogP contribution in [0.5, 0.6) is 0 Å². The molecule has 15 heavy (non-hydrogen) atoms. The first kappa shape index (κ1) is 11.6. The van der Waals surface area contributed by atoms with Crippen molar-refractivity contribution >= 4 is 17.7 Å². The number of nitriles is 1. The number of rotatable bonds is 3. The minimum Gasteiger partial charge on any atom is -0.462 e. The quantitative estimate of drug-likeness (QED) is 0.581. The number of carbonyl (C=O) groups excluding carboxylic acids is 1. The van der Waals surface area contributed by atoms with E-state index < -0.39 is 0 Å². The third-order valence-electron chi connectivity index (χ3n) is 1.78. The molecule has 0 amide bonds. The van der Waals surface area contributed by atoms with E-state index in [1.807, 2.05) is 12.3 Å². The fraction of sp³-hybridized carbons (Fsp3) is 0.273. The molecular formula is C11H11NO2S. The van der Waals surface area contributed by atoms with Crippen molar-refractivity contribution in [2.24, 2.45) is 0 Å². The second-order valence-corrected chi connectivity index (χ2v) is 3.66. The molecule has 0 N–H and O–H groups in total. The van der Waals surface area contributed by atoms with Crippen molar-refractivity contribution < 1.29 is 9.53 Å². The Morgan fingerprint density at radius 2 is 2.27 bits per heavy atom. The Morgan fingerprint density at radius 3 is 2.80 bits per heavy atom. The molecule has 3 nitrogen and oxygen atoms in total. The van der Waals surface area contributed by atoms with Crippen molar-refractivity contribution in [1.82, 2.24) is 0 Å². The highest BCUT2D eigenvalue weighted by atomic mass is 32.2. The molecule has 0 fully saturated rings. The van der Waals surface area contributed by atoms with Gasteiger partial charge in [0, 0.05) is 4.90 Å². The van der Waals surface area contributed by atoms with Crippen LogP contribution in [-0.4, -0.2) is 18.8 Å². The van der Waals surface area contributed by atoms with Gasteiger partial charge in [-0.3, -0.25) is 0 Å². The van der Waals surface area contributed by atoms with Crippen LogP contribution in [0.15, 0.2) is 23.1 Å². The fourth-order valence-corrected chi connectivity index (χ4v) is 1.60. The summed E-state index contributed by atoms with van der Waals surface area (Å²) in [4.78, 5) is 12.3. The second kappa shape index (κ2) is 5.42. The van der Waals surface area contributed by atoms with Gasteiger partial charge in [-0.05, 0) is 31.4 Å². The molecule has 0 radical (unpaired) electrons. The van der Waals surface area contributed by atoms with Crippen molar-refractivity contribution in [2.45, 2.75) is 11.8 Å². The van der Waals surface area contributed by atoms with Gasteiger partial charge in [0.05, 0.1) is 23.8 Å². The highest BCUT2D eigenvalue weighted by Crippen LogP contribution is 2.19. The van der Waals surface area contributed by atoms with Gasteiger partial charge in [-0.2, -0.15) is 5.26 Å². The molecule has 0 aromatic heterocycles. The lowest BCUT2D eigenvalue weighted by atomic mass is 10.1. The summed E-state index contributed by atoms with van der Waals surface area (Å²) in [6.07, 6.45) is 1.89. The Labute approximate surface area is 93.0 Å². The van der Waals surface area contributed by atoms with Crippen LogP contribution in [0.4, 0.5) is 0 Å². The van der Waals surface area contributed by atoms with Crippen LogP contribution in [0.25, 0.3) is 0 Å². The van der Waals surface area contributed by atoms with E-state index in [0.29, 0.717) is 17.7 Å². The minimum absolute atomic E-state index is 0.338. The monoisotopic (exact) mass is 221 g/mol. The molecule has 4 heteroatoms. The van der Waals surface area contributed by atoms with Crippen molar-refractivity contribution in [3.63, 3.8) is 0 Å². The van der Waals surface area contributed by atoms with Crippen LogP contribution < -0.4 is 0 Å². The Kier molecular flexibility index (Phi) is 4.19. The zero-order valence-electron chi connectivity index (χ0n) is 8.61. The predicted molar refractivity (Wildman–Crippen MR) is 58.9 cm³/mol. The van der Waals surface area contributed by atoms with E-state index >= 15 is 0 Å². The Bertz CT molecular complexity index is 410. The van der Waals surface area contributed by atoms with Gasteiger partial charge in [0.15, 0.2) is 0 Å². The van der Waals surface area contributed by atoms with E-state index in [4.69, 9.17) is 10.00 Å². The highest BCUT2D eigenvalue weighted by molar-refractivity contribution is 7.98. The molecule has 0 saturated heterocycles. The topological polar surface area (TPSA) is 50.1 Å². The van der Waals surface area contributed by atoms with Crippen LogP contribution in [-0.2, 0) is 4.74 Å². The number of esters is 1. The number of hydrogen-bond acceptors (Lipinski definition) is 4. The van der Waals surface area contributed by atoms with Gasteiger partial charge < -0.3 is 4.74 Å². The Hall–Kier alpha value is -1.47. The van der Waals surface area contributed by atoms with Crippen molar-refractivity contribution in [1.29, 1.82) is 5.26 Å². The standard InChI is InChI=1S/C11H11NO2S/c1-3-14-11(13)9-4-8(7-12)5-10(6-9)15-2/h4-6H,3H2,1-2H3. The number of thioether (sulfide) groups is 1. The third-order valence-corrected chi connectivity index (χ3v) is 2.49. The van der Waals surface area contributed by atoms with E-state index in [9.17, 15) is 4.79 Å². The molecule has 1 rings (SSSR count). The Morgan fingerprint density at radius 1 is 1.53 bits per heavy atom. The highest BCUT2D eigenvalue weighted by Gasteiger charge is 2.09. The summed E-state index contributed by atoms with van der Waals surface area (Å²) in [7, 11) is 0. The number of carbonyl (C=O) groups is 1. The molecule has 0 unspecified atom stereocenters. The van der Waals surface area contributed by atoms with E-state index in [-0.39, 0.29) is 5.97 Å². The maximum atomic E-state index is 11.4. The maximum absolute atomic E-state index is 11.4. The largest absolute Gasteiger partial charge is 0.462 e. The van der Waals surface area contributed by atoms with Crippen molar-refractivity contribution in [2.75, 3.05) is 12.9 Å². The van der Waals surface area contributed by atoms with Gasteiger partial charge in [0.1, 0.15) is 0 Å². The van der Waals surface area contributed by atoms with Crippen LogP contribution in [0.2, 0.25) is 0 Å². The number of benzene rings is 1. The first-order chi connectivity index (χ1) is 7.21. The van der Waals surface area contributed by atoms with Gasteiger partial charge >= 0.3 is 5.97 Å². The predicted octanol–water partition coefficient (Wildman–Crippen LogP) is 2.46. The number of hydrogen-bond donors (Lipinski definition) is 0. The normalized spacial score (nSPS) is 9.40. The zero-order valence-corrected chi connectivity index (χ0v) is 9.43. The van der Waals surface area contributed by atoms with Crippen molar-refractivity contribution in [3.8, 4) is 6.07 Å². The van der Waals surface area contributed by atoms with Gasteiger partial charge in [0.25, 0.3) is 0 Å². The molecular weight excluding hydrogens is 210 g/mol. The average Bonchev–Trinajstić information content (AvgIpc) is 2.28. The molecule has 0 saturated carbocycles. The summed E-state index contributed by atoms with van der Waals surface area (Å²) in [5, 5.41) is 8.78. The molecule has 0 spiro atoms. The molecule has 0 aliphatic heterocycles. The summed E-state index contributed by atoms with van der Waals surface area (Å²) in [6.45, 7) is 2.09. The van der Waals surface area contributed by atoms with E-state index in [2.05, 4.69) is 0 Å². The van der Waals surface area contributed by atoms with Gasteiger partial charge in [-0.25, -0.2) is 4.79 Å². The molecule has 0 aliphatic carbocycles. The van der Waals surface area contributed by atoms with Crippen LogP contribution in [0, 0.1) is 11.3 Å². The number of nitrogens with zero attached hydrogens (tertiary/aromatic N) is 1. The molecule has 0 atom stereocenters. The fourth-order valence-electron chi connectivity index (χ4n) is 1.11. The van der Waals surface area contributed by atoms with Gasteiger partial charge in [-0.1, -0.05) is 0 Å². The molecule has 1 aromatic rings. The van der Waals surface area contributed by atoms with Gasteiger partial charge in [0.2, 0.25) is 0 Å². The van der Waals surface area contributed by atoms with E-state index in [0.717, 1.165) is 4.90 Å². The lowest BCUT2D eigenvalue weighted by molar-refractivity contribution is 0.0526. The Balaban J connectivity index is 3.08. The summed E-state index contributed by atoms with van der Waals surface area (Å²) in [5.41, 5.74) is 0.908. The lowest BCUT2D eigenvalue weighted by Gasteiger charge is -2.04. The lowest BCUT2D eigenvalue weighted by Crippen LogP contribution is -2.05. The minimum atomic E-state index is -0.384.